The average molecular weight is 308 g/mol. The van der Waals surface area contributed by atoms with E-state index in [-0.39, 0.29) is 6.10 Å². The summed E-state index contributed by atoms with van der Waals surface area (Å²) in [6.07, 6.45) is 5.91. The van der Waals surface area contributed by atoms with Crippen molar-refractivity contribution in [3.63, 3.8) is 0 Å². The van der Waals surface area contributed by atoms with Crippen molar-refractivity contribution in [3.05, 3.63) is 29.8 Å². The largest absolute Gasteiger partial charge is 0.491 e. The third-order valence-electron chi connectivity index (χ3n) is 4.28. The first-order valence-corrected chi connectivity index (χ1v) is 8.58. The molecule has 0 unspecified atom stereocenters. The predicted octanol–water partition coefficient (Wildman–Crippen LogP) is 1.51. The van der Waals surface area contributed by atoms with Gasteiger partial charge in [0.15, 0.2) is 0 Å². The van der Waals surface area contributed by atoms with Crippen LogP contribution in [0.3, 0.4) is 0 Å². The van der Waals surface area contributed by atoms with Gasteiger partial charge in [-0.2, -0.15) is 0 Å². The van der Waals surface area contributed by atoms with Crippen molar-refractivity contribution in [2.45, 2.75) is 51.2 Å². The summed E-state index contributed by atoms with van der Waals surface area (Å²) < 4.78 is 11.1. The molecule has 1 aliphatic rings. The molecule has 22 heavy (non-hydrogen) atoms. The lowest BCUT2D eigenvalue weighted by Crippen LogP contribution is -2.91. The van der Waals surface area contributed by atoms with Gasteiger partial charge in [0.1, 0.15) is 25.0 Å². The van der Waals surface area contributed by atoms with Crippen molar-refractivity contribution in [1.82, 2.24) is 0 Å². The molecular weight excluding hydrogens is 278 g/mol. The zero-order chi connectivity index (χ0) is 15.6. The number of hydrogen-bond donors (Lipinski definition) is 2. The first kappa shape index (κ1) is 17.3. The predicted molar refractivity (Wildman–Crippen MR) is 87.2 cm³/mol. The van der Waals surface area contributed by atoms with Gasteiger partial charge < -0.3 is 19.9 Å². The molecular formula is C18H30NO3+. The highest BCUT2D eigenvalue weighted by Gasteiger charge is 2.19. The van der Waals surface area contributed by atoms with E-state index in [1.54, 1.807) is 0 Å². The quantitative estimate of drug-likeness (QED) is 0.644. The van der Waals surface area contributed by atoms with Crippen LogP contribution >= 0.6 is 0 Å². The summed E-state index contributed by atoms with van der Waals surface area (Å²) in [4.78, 5) is 0. The van der Waals surface area contributed by atoms with Crippen LogP contribution < -0.4 is 10.1 Å². The maximum atomic E-state index is 9.89. The monoisotopic (exact) mass is 308 g/mol. The molecule has 0 amide bonds. The maximum Gasteiger partial charge on any atom is 0.126 e. The van der Waals surface area contributed by atoms with Crippen molar-refractivity contribution in [3.8, 4) is 5.75 Å². The van der Waals surface area contributed by atoms with Gasteiger partial charge in [0.05, 0.1) is 19.3 Å². The first-order valence-electron chi connectivity index (χ1n) is 8.58. The molecule has 3 N–H and O–H groups in total. The molecule has 0 saturated heterocycles. The van der Waals surface area contributed by atoms with Gasteiger partial charge in [0.2, 0.25) is 0 Å². The van der Waals surface area contributed by atoms with Crippen LogP contribution in [0.2, 0.25) is 0 Å². The molecule has 1 aliphatic carbocycles. The summed E-state index contributed by atoms with van der Waals surface area (Å²) in [5.41, 5.74) is 1.31. The fraction of sp³-hybridized carbons (Fsp3) is 0.667. The number of rotatable bonds is 10. The molecule has 1 aromatic rings. The molecule has 1 aromatic carbocycles. The topological polar surface area (TPSA) is 55.3 Å². The normalized spacial score (nSPS) is 16.8. The second-order valence-corrected chi connectivity index (χ2v) is 6.09. The maximum absolute atomic E-state index is 9.89. The Morgan fingerprint density at radius 2 is 1.91 bits per heavy atom. The van der Waals surface area contributed by atoms with Crippen molar-refractivity contribution in [2.75, 3.05) is 26.4 Å². The van der Waals surface area contributed by atoms with Gasteiger partial charge in [-0.25, -0.2) is 0 Å². The number of aryl methyl sites for hydroxylation is 1. The molecule has 124 valence electrons. The highest BCUT2D eigenvalue weighted by atomic mass is 16.5. The van der Waals surface area contributed by atoms with Crippen LogP contribution in [0.25, 0.3) is 0 Å². The fourth-order valence-corrected chi connectivity index (χ4v) is 2.87. The van der Waals surface area contributed by atoms with Crippen molar-refractivity contribution in [1.29, 1.82) is 0 Å². The number of nitrogens with two attached hydrogens (primary N) is 1. The zero-order valence-electron chi connectivity index (χ0n) is 13.7. The molecule has 1 saturated carbocycles. The lowest BCUT2D eigenvalue weighted by molar-refractivity contribution is -0.693. The van der Waals surface area contributed by atoms with Crippen molar-refractivity contribution < 1.29 is 19.9 Å². The Morgan fingerprint density at radius 1 is 1.18 bits per heavy atom. The molecule has 0 heterocycles. The molecule has 0 aliphatic heterocycles. The standard InChI is InChI=1S/C18H29NO3/c1-2-15-7-9-18(10-8-15)22-12-11-21-14-17(20)13-19-16-5-3-4-6-16/h7-10,16-17,19-20H,2-6,11-14H2,1H3/p+1/t17-/m1/s1. The Hall–Kier alpha value is -1.10. The fourth-order valence-electron chi connectivity index (χ4n) is 2.87. The first-order chi connectivity index (χ1) is 10.8. The Bertz CT molecular complexity index is 401. The Morgan fingerprint density at radius 3 is 2.59 bits per heavy atom. The summed E-state index contributed by atoms with van der Waals surface area (Å²) in [6, 6.07) is 8.86. The number of ether oxygens (including phenoxy) is 2. The smallest absolute Gasteiger partial charge is 0.126 e. The molecule has 0 radical (unpaired) electrons. The van der Waals surface area contributed by atoms with E-state index in [4.69, 9.17) is 9.47 Å². The summed E-state index contributed by atoms with van der Waals surface area (Å²) >= 11 is 0. The van der Waals surface area contributed by atoms with Gasteiger partial charge in [-0.15, -0.1) is 0 Å². The average Bonchev–Trinajstić information content (AvgIpc) is 3.06. The van der Waals surface area contributed by atoms with E-state index in [0.29, 0.717) is 25.9 Å². The summed E-state index contributed by atoms with van der Waals surface area (Å²) in [5, 5.41) is 12.2. The number of aliphatic hydroxyl groups excluding tert-OH is 1. The third-order valence-corrected chi connectivity index (χ3v) is 4.28. The van der Waals surface area contributed by atoms with Crippen molar-refractivity contribution in [2.24, 2.45) is 0 Å². The van der Waals surface area contributed by atoms with Gasteiger partial charge >= 0.3 is 0 Å². The van der Waals surface area contributed by atoms with Crippen LogP contribution in [0.5, 0.6) is 5.75 Å². The van der Waals surface area contributed by atoms with E-state index in [1.807, 2.05) is 12.1 Å². The van der Waals surface area contributed by atoms with Crippen LogP contribution in [0, 0.1) is 0 Å². The highest BCUT2D eigenvalue weighted by Crippen LogP contribution is 2.14. The highest BCUT2D eigenvalue weighted by molar-refractivity contribution is 5.27. The number of quaternary nitrogens is 1. The second kappa shape index (κ2) is 9.82. The lowest BCUT2D eigenvalue weighted by atomic mass is 10.2. The van der Waals surface area contributed by atoms with E-state index >= 15 is 0 Å². The van der Waals surface area contributed by atoms with Crippen LogP contribution in [0.4, 0.5) is 0 Å². The van der Waals surface area contributed by atoms with Crippen LogP contribution in [-0.4, -0.2) is 43.6 Å². The minimum atomic E-state index is -0.385. The molecule has 0 bridgehead atoms. The molecule has 1 atom stereocenters. The molecule has 1 fully saturated rings. The van der Waals surface area contributed by atoms with Crippen LogP contribution in [0.1, 0.15) is 38.2 Å². The van der Waals surface area contributed by atoms with Gasteiger partial charge in [0, 0.05) is 0 Å². The van der Waals surface area contributed by atoms with E-state index in [2.05, 4.69) is 24.4 Å². The van der Waals surface area contributed by atoms with Crippen LogP contribution in [-0.2, 0) is 11.2 Å². The second-order valence-electron chi connectivity index (χ2n) is 6.09. The minimum Gasteiger partial charge on any atom is -0.491 e. The van der Waals surface area contributed by atoms with Crippen molar-refractivity contribution >= 4 is 0 Å². The molecule has 2 rings (SSSR count). The Kier molecular flexibility index (Phi) is 7.71. The lowest BCUT2D eigenvalue weighted by Gasteiger charge is -2.14. The molecule has 4 nitrogen and oxygen atoms in total. The van der Waals surface area contributed by atoms with Gasteiger partial charge in [0.25, 0.3) is 0 Å². The molecule has 0 spiro atoms. The Labute approximate surface area is 133 Å². The van der Waals surface area contributed by atoms with E-state index in [0.717, 1.165) is 18.7 Å². The van der Waals surface area contributed by atoms with E-state index < -0.39 is 0 Å². The third kappa shape index (κ3) is 6.34. The van der Waals surface area contributed by atoms with Crippen LogP contribution in [0.15, 0.2) is 24.3 Å². The summed E-state index contributed by atoms with van der Waals surface area (Å²) in [6.45, 7) is 4.30. The summed E-state index contributed by atoms with van der Waals surface area (Å²) in [7, 11) is 0. The zero-order valence-corrected chi connectivity index (χ0v) is 13.7. The minimum absolute atomic E-state index is 0.385. The SMILES string of the molecule is CCc1ccc(OCCOC[C@H](O)C[NH2+]C2CCCC2)cc1. The van der Waals surface area contributed by atoms with E-state index in [9.17, 15) is 5.11 Å². The number of benzene rings is 1. The van der Waals surface area contributed by atoms with E-state index in [1.165, 1.54) is 31.2 Å². The van der Waals surface area contributed by atoms with Gasteiger partial charge in [-0.1, -0.05) is 19.1 Å². The number of aliphatic hydroxyl groups is 1. The number of hydrogen-bond acceptors (Lipinski definition) is 3. The molecule has 4 heteroatoms. The van der Waals surface area contributed by atoms with Gasteiger partial charge in [-0.05, 0) is 49.8 Å². The summed E-state index contributed by atoms with van der Waals surface area (Å²) in [5.74, 6) is 0.871. The Balaban J connectivity index is 1.49. The van der Waals surface area contributed by atoms with Gasteiger partial charge in [-0.3, -0.25) is 0 Å². The molecule has 0 aromatic heterocycles.